The van der Waals surface area contributed by atoms with E-state index < -0.39 is 11.5 Å². The number of rotatable bonds is 6. The summed E-state index contributed by atoms with van der Waals surface area (Å²) in [7, 11) is 0. The fraction of sp³-hybridized carbons (Fsp3) is 0.406. The standard InChI is InChI=1S/C32H32Cl2N4O3/c1-17-21(30(39)40)11-12-23-25-13-14-26-29(38(25)36-28(17)23)27(22-7-4-8-24(22)34)32(2,37(26)16-18-9-10-18)31(41)35-20-6-3-5-19(33)15-20/h3-8,11-12,15,18,22,26-27,29H,9-10,13-14,16H2,1-2H3,(H,35,41)(H,39,40)/t22?,26-,27?,29+,32+/m0/s1. The van der Waals surface area contributed by atoms with Crippen molar-refractivity contribution in [2.75, 3.05) is 11.9 Å². The van der Waals surface area contributed by atoms with Gasteiger partial charge in [0.2, 0.25) is 5.91 Å². The molecular formula is C32H32Cl2N4O3. The summed E-state index contributed by atoms with van der Waals surface area (Å²) >= 11 is 13.2. The number of amides is 1. The molecule has 1 amide bonds. The quantitative estimate of drug-likeness (QED) is 0.337. The largest absolute Gasteiger partial charge is 0.478 e. The van der Waals surface area contributed by atoms with Gasteiger partial charge in [0.05, 0.1) is 17.1 Å². The van der Waals surface area contributed by atoms with Crippen LogP contribution in [0.15, 0.2) is 59.7 Å². The van der Waals surface area contributed by atoms with Gasteiger partial charge in [-0.2, -0.15) is 5.10 Å². The third kappa shape index (κ3) is 4.16. The Labute approximate surface area is 248 Å². The van der Waals surface area contributed by atoms with E-state index in [1.165, 1.54) is 12.8 Å². The van der Waals surface area contributed by atoms with Crippen LogP contribution in [0, 0.1) is 24.7 Å². The second kappa shape index (κ2) is 9.72. The third-order valence-corrected chi connectivity index (χ3v) is 10.4. The molecule has 7 rings (SSSR count). The van der Waals surface area contributed by atoms with Crippen molar-refractivity contribution in [1.29, 1.82) is 0 Å². The molecule has 0 spiro atoms. The average Bonchev–Trinajstić information content (AvgIpc) is 3.44. The van der Waals surface area contributed by atoms with Gasteiger partial charge >= 0.3 is 5.97 Å². The van der Waals surface area contributed by atoms with Crippen molar-refractivity contribution in [2.24, 2.45) is 17.8 Å². The number of benzene rings is 2. The Bertz CT molecular complexity index is 1660. The lowest BCUT2D eigenvalue weighted by Crippen LogP contribution is -2.57. The third-order valence-electron chi connectivity index (χ3n) is 9.80. The predicted octanol–water partition coefficient (Wildman–Crippen LogP) is 6.60. The molecule has 2 aliphatic carbocycles. The number of carboxylic acid groups (broad SMARTS) is 1. The van der Waals surface area contributed by atoms with E-state index in [-0.39, 0.29) is 35.4 Å². The number of aromatic nitrogens is 2. The monoisotopic (exact) mass is 590 g/mol. The maximum Gasteiger partial charge on any atom is 0.336 e. The first kappa shape index (κ1) is 26.7. The van der Waals surface area contributed by atoms with Gasteiger partial charge in [-0.3, -0.25) is 14.4 Å². The number of carbonyl (C=O) groups is 2. The Balaban J connectivity index is 1.40. The number of hydrogen-bond acceptors (Lipinski definition) is 4. The van der Waals surface area contributed by atoms with E-state index in [2.05, 4.69) is 27.9 Å². The van der Waals surface area contributed by atoms with Crippen LogP contribution in [-0.2, 0) is 11.2 Å². The van der Waals surface area contributed by atoms with Gasteiger partial charge in [-0.15, -0.1) is 0 Å². The van der Waals surface area contributed by atoms with E-state index in [0.29, 0.717) is 27.7 Å². The van der Waals surface area contributed by atoms with Gasteiger partial charge in [0.25, 0.3) is 0 Å². The van der Waals surface area contributed by atoms with Crippen LogP contribution < -0.4 is 5.32 Å². The number of halogens is 2. The second-order valence-corrected chi connectivity index (χ2v) is 13.0. The molecule has 2 aliphatic heterocycles. The molecule has 3 aromatic rings. The number of fused-ring (bicyclic) bond motifs is 5. The van der Waals surface area contributed by atoms with Crippen LogP contribution in [0.4, 0.5) is 5.69 Å². The Hall–Kier alpha value is -3.13. The van der Waals surface area contributed by atoms with E-state index in [0.717, 1.165) is 35.5 Å². The lowest BCUT2D eigenvalue weighted by atomic mass is 9.73. The fourth-order valence-corrected chi connectivity index (χ4v) is 8.10. The minimum absolute atomic E-state index is 0.0767. The van der Waals surface area contributed by atoms with Gasteiger partial charge in [0.15, 0.2) is 0 Å². The molecule has 0 radical (unpaired) electrons. The van der Waals surface area contributed by atoms with Gasteiger partial charge in [-0.25, -0.2) is 4.79 Å². The maximum atomic E-state index is 14.6. The molecule has 3 heterocycles. The molecule has 0 bridgehead atoms. The van der Waals surface area contributed by atoms with Gasteiger partial charge < -0.3 is 10.4 Å². The molecule has 7 nitrogen and oxygen atoms in total. The number of hydrogen-bond donors (Lipinski definition) is 2. The van der Waals surface area contributed by atoms with Crippen molar-refractivity contribution in [1.82, 2.24) is 14.7 Å². The molecule has 2 fully saturated rings. The fourth-order valence-electron chi connectivity index (χ4n) is 7.63. The molecule has 1 saturated carbocycles. The highest BCUT2D eigenvalue weighted by Gasteiger charge is 2.64. The van der Waals surface area contributed by atoms with Crippen LogP contribution >= 0.6 is 23.2 Å². The first-order valence-corrected chi connectivity index (χ1v) is 15.1. The first-order valence-electron chi connectivity index (χ1n) is 14.3. The normalized spacial score (nSPS) is 28.9. The Morgan fingerprint density at radius 1 is 1.17 bits per heavy atom. The van der Waals surface area contributed by atoms with E-state index in [4.69, 9.17) is 28.3 Å². The predicted molar refractivity (Wildman–Crippen MR) is 161 cm³/mol. The summed E-state index contributed by atoms with van der Waals surface area (Å²) in [5.41, 5.74) is 2.51. The number of nitrogens with zero attached hydrogens (tertiary/aromatic N) is 3. The second-order valence-electron chi connectivity index (χ2n) is 12.1. The van der Waals surface area contributed by atoms with Crippen molar-refractivity contribution in [3.05, 3.63) is 81.5 Å². The summed E-state index contributed by atoms with van der Waals surface area (Å²) in [6, 6.07) is 10.8. The summed E-state index contributed by atoms with van der Waals surface area (Å²) in [5, 5.41) is 20.4. The Kier molecular flexibility index (Phi) is 6.34. The number of aromatic carboxylic acids is 1. The smallest absolute Gasteiger partial charge is 0.336 e. The Morgan fingerprint density at radius 2 is 1.98 bits per heavy atom. The van der Waals surface area contributed by atoms with E-state index >= 15 is 0 Å². The molecule has 1 saturated heterocycles. The van der Waals surface area contributed by atoms with E-state index in [9.17, 15) is 14.7 Å². The topological polar surface area (TPSA) is 87.5 Å². The van der Waals surface area contributed by atoms with Crippen LogP contribution in [0.3, 0.4) is 0 Å². The number of anilines is 1. The van der Waals surface area contributed by atoms with Crippen LogP contribution in [0.25, 0.3) is 10.9 Å². The van der Waals surface area contributed by atoms with Crippen LogP contribution in [-0.4, -0.2) is 49.8 Å². The maximum absolute atomic E-state index is 14.6. The van der Waals surface area contributed by atoms with Gasteiger partial charge in [-0.1, -0.05) is 47.5 Å². The summed E-state index contributed by atoms with van der Waals surface area (Å²) in [4.78, 5) is 28.9. The highest BCUT2D eigenvalue weighted by Crippen LogP contribution is 2.57. The van der Waals surface area contributed by atoms with Crippen LogP contribution in [0.2, 0.25) is 5.02 Å². The molecule has 212 valence electrons. The zero-order valence-electron chi connectivity index (χ0n) is 23.0. The number of allylic oxidation sites excluding steroid dienone is 4. The lowest BCUT2D eigenvalue weighted by Gasteiger charge is -2.41. The van der Waals surface area contributed by atoms with Gasteiger partial charge in [0.1, 0.15) is 5.54 Å². The molecule has 1 aromatic heterocycles. The summed E-state index contributed by atoms with van der Waals surface area (Å²) in [6.07, 6.45) is 10.0. The SMILES string of the molecule is Cc1c(C(=O)O)ccc2c3n(nc12)[C@H]1C(C2C=CC=C2Cl)[C@](C)(C(=O)Nc2cccc(Cl)c2)N(CC2CC2)[C@H]1CC3. The number of carbonyl (C=O) groups excluding carboxylic acids is 1. The number of nitrogens with one attached hydrogen (secondary N) is 1. The van der Waals surface area contributed by atoms with Crippen molar-refractivity contribution in [3.63, 3.8) is 0 Å². The molecule has 2 unspecified atom stereocenters. The van der Waals surface area contributed by atoms with Crippen LogP contribution in [0.5, 0.6) is 0 Å². The summed E-state index contributed by atoms with van der Waals surface area (Å²) in [6.45, 7) is 4.74. The highest BCUT2D eigenvalue weighted by molar-refractivity contribution is 6.31. The lowest BCUT2D eigenvalue weighted by molar-refractivity contribution is -0.129. The Morgan fingerprint density at radius 3 is 2.66 bits per heavy atom. The molecule has 2 aromatic carbocycles. The van der Waals surface area contributed by atoms with E-state index in [1.54, 1.807) is 18.2 Å². The average molecular weight is 592 g/mol. The summed E-state index contributed by atoms with van der Waals surface area (Å²) in [5.74, 6) is -0.831. The van der Waals surface area contributed by atoms with Gasteiger partial charge in [-0.05, 0) is 81.4 Å². The minimum atomic E-state index is -0.958. The summed E-state index contributed by atoms with van der Waals surface area (Å²) < 4.78 is 2.12. The number of aryl methyl sites for hydroxylation is 2. The molecule has 41 heavy (non-hydrogen) atoms. The van der Waals surface area contributed by atoms with Crippen LogP contribution in [0.1, 0.15) is 53.8 Å². The minimum Gasteiger partial charge on any atom is -0.478 e. The van der Waals surface area contributed by atoms with Crippen molar-refractivity contribution >= 4 is 51.7 Å². The van der Waals surface area contributed by atoms with Crippen molar-refractivity contribution in [2.45, 2.75) is 57.2 Å². The molecule has 9 heteroatoms. The zero-order valence-corrected chi connectivity index (χ0v) is 24.5. The van der Waals surface area contributed by atoms with Crippen molar-refractivity contribution in [3.8, 4) is 0 Å². The number of carboxylic acids is 1. The molecular weight excluding hydrogens is 559 g/mol. The van der Waals surface area contributed by atoms with Crippen molar-refractivity contribution < 1.29 is 14.7 Å². The number of likely N-dealkylation sites (tertiary alicyclic amines) is 1. The molecule has 4 aliphatic rings. The first-order chi connectivity index (χ1) is 19.7. The molecule has 2 N–H and O–H groups in total. The van der Waals surface area contributed by atoms with E-state index in [1.807, 2.05) is 37.3 Å². The highest BCUT2D eigenvalue weighted by atomic mass is 35.5. The molecule has 5 atom stereocenters. The van der Waals surface area contributed by atoms with Gasteiger partial charge in [0, 0.05) is 51.2 Å². The zero-order chi connectivity index (χ0) is 28.6.